The number of hydrogen-bond donors (Lipinski definition) is 2. The predicted octanol–water partition coefficient (Wildman–Crippen LogP) is 1.27. The van der Waals surface area contributed by atoms with Crippen LogP contribution in [0.2, 0.25) is 0 Å². The molecule has 1 rings (SSSR count). The Kier molecular flexibility index (Phi) is 6.14. The zero-order chi connectivity index (χ0) is 13.4. The smallest absolute Gasteiger partial charge is 0.216 e. The van der Waals surface area contributed by atoms with Crippen LogP contribution in [-0.4, -0.2) is 30.8 Å². The molecule has 0 unspecified atom stereocenters. The third kappa shape index (κ3) is 5.14. The molecule has 0 bridgehead atoms. The summed E-state index contributed by atoms with van der Waals surface area (Å²) in [6.07, 6.45) is 1.43. The second-order valence-electron chi connectivity index (χ2n) is 3.91. The quantitative estimate of drug-likeness (QED) is 0.721. The van der Waals surface area contributed by atoms with E-state index in [1.165, 1.54) is 19.1 Å². The third-order valence-electron chi connectivity index (χ3n) is 2.37. The Labute approximate surface area is 106 Å². The number of halogens is 1. The maximum absolute atomic E-state index is 13.1. The maximum atomic E-state index is 13.1. The van der Waals surface area contributed by atoms with Crippen molar-refractivity contribution in [2.75, 3.05) is 19.8 Å². The van der Waals surface area contributed by atoms with Crippen LogP contribution in [0.3, 0.4) is 0 Å². The summed E-state index contributed by atoms with van der Waals surface area (Å²) in [6.45, 7) is 2.07. The average molecular weight is 255 g/mol. The van der Waals surface area contributed by atoms with Crippen molar-refractivity contribution in [1.29, 1.82) is 0 Å². The van der Waals surface area contributed by atoms with Crippen LogP contribution in [0.25, 0.3) is 0 Å². The van der Waals surface area contributed by atoms with Crippen molar-refractivity contribution in [1.82, 2.24) is 5.32 Å². The first-order chi connectivity index (χ1) is 8.63. The van der Waals surface area contributed by atoms with E-state index in [0.29, 0.717) is 18.7 Å². The van der Waals surface area contributed by atoms with E-state index in [1.807, 2.05) is 0 Å². The van der Waals surface area contributed by atoms with Crippen LogP contribution in [-0.2, 0) is 11.2 Å². The summed E-state index contributed by atoms with van der Waals surface area (Å²) in [7, 11) is 0. The van der Waals surface area contributed by atoms with Crippen LogP contribution >= 0.6 is 0 Å². The van der Waals surface area contributed by atoms with Crippen molar-refractivity contribution in [2.24, 2.45) is 0 Å². The van der Waals surface area contributed by atoms with Crippen molar-refractivity contribution in [3.05, 3.63) is 29.6 Å². The zero-order valence-electron chi connectivity index (χ0n) is 10.4. The van der Waals surface area contributed by atoms with Crippen LogP contribution in [0.5, 0.6) is 5.75 Å². The number of aryl methyl sites for hydroxylation is 1. The summed E-state index contributed by atoms with van der Waals surface area (Å²) < 4.78 is 18.3. The van der Waals surface area contributed by atoms with Gasteiger partial charge in [0.2, 0.25) is 5.91 Å². The van der Waals surface area contributed by atoms with Gasteiger partial charge in [-0.1, -0.05) is 6.07 Å². The van der Waals surface area contributed by atoms with Gasteiger partial charge in [-0.05, 0) is 24.5 Å². The molecule has 18 heavy (non-hydrogen) atoms. The number of benzene rings is 1. The van der Waals surface area contributed by atoms with Gasteiger partial charge in [-0.3, -0.25) is 4.79 Å². The lowest BCUT2D eigenvalue weighted by Gasteiger charge is -2.11. The predicted molar refractivity (Wildman–Crippen MR) is 66.0 cm³/mol. The number of carbonyl (C=O) groups excluding carboxylic acids is 1. The molecule has 0 aliphatic carbocycles. The van der Waals surface area contributed by atoms with Gasteiger partial charge in [0.05, 0.1) is 6.61 Å². The van der Waals surface area contributed by atoms with Gasteiger partial charge in [-0.2, -0.15) is 0 Å². The Bertz CT molecular complexity index is 396. The molecule has 0 atom stereocenters. The van der Waals surface area contributed by atoms with Gasteiger partial charge < -0.3 is 15.2 Å². The second kappa shape index (κ2) is 7.66. The highest BCUT2D eigenvalue weighted by Crippen LogP contribution is 2.21. The largest absolute Gasteiger partial charge is 0.491 e. The summed E-state index contributed by atoms with van der Waals surface area (Å²) in [4.78, 5) is 10.7. The van der Waals surface area contributed by atoms with Gasteiger partial charge in [-0.25, -0.2) is 4.39 Å². The summed E-state index contributed by atoms with van der Waals surface area (Å²) in [5, 5.41) is 11.4. The third-order valence-corrected chi connectivity index (χ3v) is 2.37. The van der Waals surface area contributed by atoms with Gasteiger partial charge >= 0.3 is 0 Å². The number of ether oxygens (including phenoxy) is 1. The lowest BCUT2D eigenvalue weighted by Crippen LogP contribution is -2.21. The molecule has 5 heteroatoms. The molecule has 1 amide bonds. The molecule has 4 nitrogen and oxygen atoms in total. The molecule has 0 fully saturated rings. The van der Waals surface area contributed by atoms with Gasteiger partial charge in [0.25, 0.3) is 0 Å². The molecule has 0 aliphatic rings. The molecule has 0 spiro atoms. The molecule has 0 heterocycles. The van der Waals surface area contributed by atoms with Gasteiger partial charge in [0.1, 0.15) is 18.2 Å². The molecule has 0 radical (unpaired) electrons. The van der Waals surface area contributed by atoms with E-state index in [0.717, 1.165) is 12.0 Å². The van der Waals surface area contributed by atoms with E-state index in [-0.39, 0.29) is 24.9 Å². The van der Waals surface area contributed by atoms with Crippen molar-refractivity contribution in [3.63, 3.8) is 0 Å². The van der Waals surface area contributed by atoms with Gasteiger partial charge in [0, 0.05) is 19.5 Å². The van der Waals surface area contributed by atoms with E-state index in [1.54, 1.807) is 6.07 Å². The van der Waals surface area contributed by atoms with Crippen LogP contribution in [0.1, 0.15) is 18.9 Å². The van der Waals surface area contributed by atoms with E-state index >= 15 is 0 Å². The molecule has 2 N–H and O–H groups in total. The number of hydrogen-bond acceptors (Lipinski definition) is 3. The Morgan fingerprint density at radius 2 is 2.28 bits per heavy atom. The minimum atomic E-state index is -0.367. The SMILES string of the molecule is CC(=O)NCCCc1ccc(F)cc1OCCO. The first-order valence-electron chi connectivity index (χ1n) is 5.90. The molecule has 0 aliphatic heterocycles. The highest BCUT2D eigenvalue weighted by atomic mass is 19.1. The molecule has 0 saturated heterocycles. The first kappa shape index (κ1) is 14.4. The number of rotatable bonds is 7. The highest BCUT2D eigenvalue weighted by molar-refractivity contribution is 5.72. The van der Waals surface area contributed by atoms with Crippen LogP contribution in [0.4, 0.5) is 4.39 Å². The molecular weight excluding hydrogens is 237 g/mol. The van der Waals surface area contributed by atoms with Gasteiger partial charge in [-0.15, -0.1) is 0 Å². The highest BCUT2D eigenvalue weighted by Gasteiger charge is 2.05. The van der Waals surface area contributed by atoms with E-state index < -0.39 is 0 Å². The summed E-state index contributed by atoms with van der Waals surface area (Å²) >= 11 is 0. The number of aliphatic hydroxyl groups excluding tert-OH is 1. The van der Waals surface area contributed by atoms with Crippen LogP contribution < -0.4 is 10.1 Å². The summed E-state index contributed by atoms with van der Waals surface area (Å²) in [6, 6.07) is 4.35. The number of amides is 1. The van der Waals surface area contributed by atoms with E-state index in [9.17, 15) is 9.18 Å². The maximum Gasteiger partial charge on any atom is 0.216 e. The molecular formula is C13H18FNO3. The molecule has 100 valence electrons. The molecule has 1 aromatic rings. The second-order valence-corrected chi connectivity index (χ2v) is 3.91. The van der Waals surface area contributed by atoms with Crippen molar-refractivity contribution in [3.8, 4) is 5.75 Å². The lowest BCUT2D eigenvalue weighted by atomic mass is 10.1. The Balaban J connectivity index is 2.54. The topological polar surface area (TPSA) is 58.6 Å². The van der Waals surface area contributed by atoms with Gasteiger partial charge in [0.15, 0.2) is 0 Å². The van der Waals surface area contributed by atoms with E-state index in [2.05, 4.69) is 5.32 Å². The fourth-order valence-electron chi connectivity index (χ4n) is 1.57. The first-order valence-corrected chi connectivity index (χ1v) is 5.90. The molecule has 1 aromatic carbocycles. The number of carbonyl (C=O) groups is 1. The Hall–Kier alpha value is -1.62. The number of nitrogens with one attached hydrogen (secondary N) is 1. The summed E-state index contributed by atoms with van der Waals surface area (Å²) in [5.41, 5.74) is 0.871. The number of aliphatic hydroxyl groups is 1. The zero-order valence-corrected chi connectivity index (χ0v) is 10.4. The fraction of sp³-hybridized carbons (Fsp3) is 0.462. The minimum Gasteiger partial charge on any atom is -0.491 e. The Morgan fingerprint density at radius 1 is 1.50 bits per heavy atom. The monoisotopic (exact) mass is 255 g/mol. The average Bonchev–Trinajstić information content (AvgIpc) is 2.33. The Morgan fingerprint density at radius 3 is 2.94 bits per heavy atom. The minimum absolute atomic E-state index is 0.0640. The summed E-state index contributed by atoms with van der Waals surface area (Å²) in [5.74, 6) is 0.0197. The van der Waals surface area contributed by atoms with Crippen LogP contribution in [0, 0.1) is 5.82 Å². The van der Waals surface area contributed by atoms with Crippen LogP contribution in [0.15, 0.2) is 18.2 Å². The van der Waals surface area contributed by atoms with Crippen molar-refractivity contribution >= 4 is 5.91 Å². The van der Waals surface area contributed by atoms with Crippen molar-refractivity contribution in [2.45, 2.75) is 19.8 Å². The normalized spacial score (nSPS) is 10.2. The fourth-order valence-corrected chi connectivity index (χ4v) is 1.57. The standard InChI is InChI=1S/C13H18FNO3/c1-10(17)15-6-2-3-11-4-5-12(14)9-13(11)18-8-7-16/h4-5,9,16H,2-3,6-8H2,1H3,(H,15,17). The lowest BCUT2D eigenvalue weighted by molar-refractivity contribution is -0.118. The molecule has 0 aromatic heterocycles. The van der Waals surface area contributed by atoms with E-state index in [4.69, 9.17) is 9.84 Å². The van der Waals surface area contributed by atoms with Crippen molar-refractivity contribution < 1.29 is 19.0 Å². The molecule has 0 saturated carbocycles.